The van der Waals surface area contributed by atoms with E-state index in [4.69, 9.17) is 10.5 Å². The fourth-order valence-electron chi connectivity index (χ4n) is 1.90. The lowest BCUT2D eigenvalue weighted by Crippen LogP contribution is -2.22. The van der Waals surface area contributed by atoms with Crippen LogP contribution in [0.3, 0.4) is 0 Å². The standard InChI is InChI=1S/C15H24BrNO3S/c1-3-13(17)11-12-7-5-8-14(16)15(12)20-9-6-10-21(18,19)4-2/h5,7-8,13H,3-4,6,9-11,17H2,1-2H3. The summed E-state index contributed by atoms with van der Waals surface area (Å²) in [5.41, 5.74) is 7.06. The van der Waals surface area contributed by atoms with Crippen molar-refractivity contribution in [1.82, 2.24) is 0 Å². The van der Waals surface area contributed by atoms with Crippen LogP contribution in [0, 0.1) is 0 Å². The molecule has 0 aromatic heterocycles. The molecule has 0 saturated heterocycles. The summed E-state index contributed by atoms with van der Waals surface area (Å²) in [7, 11) is -2.93. The summed E-state index contributed by atoms with van der Waals surface area (Å²) in [5, 5.41) is 0. The van der Waals surface area contributed by atoms with Gasteiger partial charge in [0.1, 0.15) is 15.6 Å². The highest BCUT2D eigenvalue weighted by Gasteiger charge is 2.12. The molecular formula is C15H24BrNO3S. The van der Waals surface area contributed by atoms with Crippen molar-refractivity contribution >= 4 is 25.8 Å². The number of para-hydroxylation sites is 1. The Morgan fingerprint density at radius 1 is 1.33 bits per heavy atom. The van der Waals surface area contributed by atoms with Crippen LogP contribution in [0.1, 0.15) is 32.3 Å². The van der Waals surface area contributed by atoms with Gasteiger partial charge >= 0.3 is 0 Å². The van der Waals surface area contributed by atoms with Gasteiger partial charge in [-0.3, -0.25) is 0 Å². The Balaban J connectivity index is 2.65. The van der Waals surface area contributed by atoms with E-state index in [9.17, 15) is 8.42 Å². The topological polar surface area (TPSA) is 69.4 Å². The van der Waals surface area contributed by atoms with Crippen LogP contribution in [0.4, 0.5) is 0 Å². The van der Waals surface area contributed by atoms with Gasteiger partial charge in [-0.1, -0.05) is 26.0 Å². The zero-order chi connectivity index (χ0) is 15.9. The van der Waals surface area contributed by atoms with Crippen molar-refractivity contribution < 1.29 is 13.2 Å². The van der Waals surface area contributed by atoms with Crippen molar-refractivity contribution in [1.29, 1.82) is 0 Å². The van der Waals surface area contributed by atoms with E-state index < -0.39 is 9.84 Å². The van der Waals surface area contributed by atoms with Gasteiger partial charge in [0.2, 0.25) is 0 Å². The molecule has 1 aromatic carbocycles. The summed E-state index contributed by atoms with van der Waals surface area (Å²) in [5.74, 6) is 1.12. The number of hydrogen-bond acceptors (Lipinski definition) is 4. The van der Waals surface area contributed by atoms with Crippen LogP contribution in [0.2, 0.25) is 0 Å². The molecule has 1 atom stereocenters. The molecule has 1 unspecified atom stereocenters. The minimum atomic E-state index is -2.93. The summed E-state index contributed by atoms with van der Waals surface area (Å²) >= 11 is 3.48. The minimum absolute atomic E-state index is 0.0992. The molecule has 0 aliphatic heterocycles. The van der Waals surface area contributed by atoms with E-state index >= 15 is 0 Å². The van der Waals surface area contributed by atoms with Crippen LogP contribution in [-0.4, -0.2) is 32.6 Å². The van der Waals surface area contributed by atoms with Gasteiger partial charge in [-0.05, 0) is 46.8 Å². The molecule has 21 heavy (non-hydrogen) atoms. The monoisotopic (exact) mass is 377 g/mol. The number of sulfone groups is 1. The molecule has 0 aliphatic rings. The minimum Gasteiger partial charge on any atom is -0.492 e. The maximum absolute atomic E-state index is 11.4. The second kappa shape index (κ2) is 8.76. The van der Waals surface area contributed by atoms with Crippen LogP contribution in [0.5, 0.6) is 5.75 Å². The van der Waals surface area contributed by atoms with Crippen LogP contribution in [-0.2, 0) is 16.3 Å². The van der Waals surface area contributed by atoms with Gasteiger partial charge in [0.15, 0.2) is 0 Å². The van der Waals surface area contributed by atoms with Gasteiger partial charge < -0.3 is 10.5 Å². The van der Waals surface area contributed by atoms with Crippen molar-refractivity contribution in [2.24, 2.45) is 5.73 Å². The molecule has 2 N–H and O–H groups in total. The van der Waals surface area contributed by atoms with Gasteiger partial charge in [0, 0.05) is 11.8 Å². The smallest absolute Gasteiger partial charge is 0.150 e. The first kappa shape index (κ1) is 18.5. The zero-order valence-corrected chi connectivity index (χ0v) is 15.0. The van der Waals surface area contributed by atoms with Crippen LogP contribution in [0.15, 0.2) is 22.7 Å². The van der Waals surface area contributed by atoms with Gasteiger partial charge in [-0.2, -0.15) is 0 Å². The van der Waals surface area contributed by atoms with Crippen LogP contribution in [0.25, 0.3) is 0 Å². The number of benzene rings is 1. The van der Waals surface area contributed by atoms with Crippen LogP contribution < -0.4 is 10.5 Å². The number of hydrogen-bond donors (Lipinski definition) is 1. The second-order valence-corrected chi connectivity index (χ2v) is 8.37. The van der Waals surface area contributed by atoms with Crippen molar-refractivity contribution in [3.63, 3.8) is 0 Å². The van der Waals surface area contributed by atoms with Gasteiger partial charge in [0.25, 0.3) is 0 Å². The maximum atomic E-state index is 11.4. The van der Waals surface area contributed by atoms with E-state index in [1.165, 1.54) is 0 Å². The van der Waals surface area contributed by atoms with Crippen molar-refractivity contribution in [2.75, 3.05) is 18.1 Å². The Morgan fingerprint density at radius 3 is 2.67 bits per heavy atom. The number of halogens is 1. The summed E-state index contributed by atoms with van der Waals surface area (Å²) in [6.45, 7) is 4.10. The third-order valence-corrected chi connectivity index (χ3v) is 5.76. The summed E-state index contributed by atoms with van der Waals surface area (Å²) in [4.78, 5) is 0. The molecule has 0 radical (unpaired) electrons. The quantitative estimate of drug-likeness (QED) is 0.671. The molecule has 0 heterocycles. The second-order valence-electron chi connectivity index (χ2n) is 5.04. The van der Waals surface area contributed by atoms with E-state index in [2.05, 4.69) is 22.9 Å². The van der Waals surface area contributed by atoms with Gasteiger partial charge in [-0.15, -0.1) is 0 Å². The van der Waals surface area contributed by atoms with E-state index in [0.29, 0.717) is 13.0 Å². The lowest BCUT2D eigenvalue weighted by molar-refractivity contribution is 0.311. The highest BCUT2D eigenvalue weighted by molar-refractivity contribution is 9.10. The summed E-state index contributed by atoms with van der Waals surface area (Å²) in [6, 6.07) is 5.97. The molecule has 1 rings (SSSR count). The highest BCUT2D eigenvalue weighted by Crippen LogP contribution is 2.30. The van der Waals surface area contributed by atoms with Crippen molar-refractivity contribution in [2.45, 2.75) is 39.2 Å². The first-order chi connectivity index (χ1) is 9.89. The van der Waals surface area contributed by atoms with Crippen molar-refractivity contribution in [3.05, 3.63) is 28.2 Å². The molecule has 0 aliphatic carbocycles. The van der Waals surface area contributed by atoms with E-state index in [0.717, 1.165) is 28.6 Å². The Hall–Kier alpha value is -0.590. The molecule has 6 heteroatoms. The Labute approximate surface area is 136 Å². The number of nitrogens with two attached hydrogens (primary N) is 1. The summed E-state index contributed by atoms with van der Waals surface area (Å²) < 4.78 is 29.6. The average molecular weight is 378 g/mol. The Bertz CT molecular complexity index is 546. The first-order valence-electron chi connectivity index (χ1n) is 7.25. The van der Waals surface area contributed by atoms with Crippen molar-refractivity contribution in [3.8, 4) is 5.75 Å². The summed E-state index contributed by atoms with van der Waals surface area (Å²) in [6.07, 6.45) is 2.15. The molecule has 0 spiro atoms. The Morgan fingerprint density at radius 2 is 2.05 bits per heavy atom. The van der Waals surface area contributed by atoms with E-state index in [-0.39, 0.29) is 17.5 Å². The molecule has 120 valence electrons. The molecular weight excluding hydrogens is 354 g/mol. The SMILES string of the molecule is CCC(N)Cc1cccc(Br)c1OCCCS(=O)(=O)CC. The lowest BCUT2D eigenvalue weighted by atomic mass is 10.0. The largest absolute Gasteiger partial charge is 0.492 e. The number of ether oxygens (including phenoxy) is 1. The maximum Gasteiger partial charge on any atom is 0.150 e. The predicted octanol–water partition coefficient (Wildman–Crippen LogP) is 2.93. The molecule has 0 amide bonds. The molecule has 0 fully saturated rings. The predicted molar refractivity (Wildman–Crippen MR) is 90.6 cm³/mol. The third kappa shape index (κ3) is 6.36. The lowest BCUT2D eigenvalue weighted by Gasteiger charge is -2.16. The van der Waals surface area contributed by atoms with E-state index in [1.54, 1.807) is 6.92 Å². The highest BCUT2D eigenvalue weighted by atomic mass is 79.9. The van der Waals surface area contributed by atoms with Gasteiger partial charge in [0.05, 0.1) is 16.8 Å². The molecule has 4 nitrogen and oxygen atoms in total. The normalized spacial score (nSPS) is 13.1. The molecule has 1 aromatic rings. The average Bonchev–Trinajstić information content (AvgIpc) is 2.45. The van der Waals surface area contributed by atoms with E-state index in [1.807, 2.05) is 18.2 Å². The number of rotatable bonds is 9. The van der Waals surface area contributed by atoms with Gasteiger partial charge in [-0.25, -0.2) is 8.42 Å². The molecule has 0 bridgehead atoms. The third-order valence-electron chi connectivity index (χ3n) is 3.34. The fourth-order valence-corrected chi connectivity index (χ4v) is 3.27. The van der Waals surface area contributed by atoms with Crippen LogP contribution >= 0.6 is 15.9 Å². The Kier molecular flexibility index (Phi) is 7.70. The zero-order valence-electron chi connectivity index (χ0n) is 12.6. The molecule has 0 saturated carbocycles. The first-order valence-corrected chi connectivity index (χ1v) is 9.87. The fraction of sp³-hybridized carbons (Fsp3) is 0.600.